The van der Waals surface area contributed by atoms with Crippen LogP contribution in [0.5, 0.6) is 0 Å². The highest BCUT2D eigenvalue weighted by Gasteiger charge is 2.38. The Hall–Kier alpha value is -1.39. The maximum Gasteiger partial charge on any atom is 0.231 e. The molecule has 0 bridgehead atoms. The normalized spacial score (nSPS) is 24.6. The highest BCUT2D eigenvalue weighted by Crippen LogP contribution is 2.34. The van der Waals surface area contributed by atoms with Crippen LogP contribution in [-0.4, -0.2) is 33.5 Å². The smallest absolute Gasteiger partial charge is 0.231 e. The van der Waals surface area contributed by atoms with Crippen molar-refractivity contribution in [3.63, 3.8) is 0 Å². The highest BCUT2D eigenvalue weighted by molar-refractivity contribution is 5.77. The minimum Gasteiger partial charge on any atom is -0.339 e. The lowest BCUT2D eigenvalue weighted by molar-refractivity contribution is -0.134. The number of carbonyl (C=O) groups excluding carboxylic acids is 1. The van der Waals surface area contributed by atoms with E-state index in [2.05, 4.69) is 17.1 Å². The predicted octanol–water partition coefficient (Wildman–Crippen LogP) is 1.89. The number of carbonyl (C=O) groups is 1. The Balaban J connectivity index is 1.69. The molecule has 0 spiro atoms. The van der Waals surface area contributed by atoms with E-state index in [4.69, 9.17) is 4.52 Å². The maximum atomic E-state index is 11.8. The van der Waals surface area contributed by atoms with Crippen LogP contribution in [-0.2, 0) is 11.2 Å². The van der Waals surface area contributed by atoms with Crippen LogP contribution in [0.15, 0.2) is 4.52 Å². The Morgan fingerprint density at radius 2 is 2.22 bits per heavy atom. The van der Waals surface area contributed by atoms with Gasteiger partial charge in [0.1, 0.15) is 0 Å². The standard InChI is InChI=1S/C13H19N3O2/c1-2-3-11-14-13(18-15-11)9-4-7-12(17)16(8-9)10-5-6-10/h9-10H,2-8H2,1H3. The van der Waals surface area contributed by atoms with Crippen molar-refractivity contribution in [2.45, 2.75) is 57.4 Å². The van der Waals surface area contributed by atoms with Crippen molar-refractivity contribution in [3.8, 4) is 0 Å². The first kappa shape index (κ1) is 11.7. The second kappa shape index (κ2) is 4.71. The molecule has 3 rings (SSSR count). The van der Waals surface area contributed by atoms with Gasteiger partial charge in [0.2, 0.25) is 11.8 Å². The molecule has 1 aliphatic heterocycles. The summed E-state index contributed by atoms with van der Waals surface area (Å²) in [6, 6.07) is 0.485. The minimum absolute atomic E-state index is 0.237. The fraction of sp³-hybridized carbons (Fsp3) is 0.769. The topological polar surface area (TPSA) is 59.2 Å². The number of hydrogen-bond donors (Lipinski definition) is 0. The summed E-state index contributed by atoms with van der Waals surface area (Å²) in [5.74, 6) is 2.04. The molecule has 1 aliphatic carbocycles. The molecule has 1 saturated heterocycles. The Morgan fingerprint density at radius 3 is 2.94 bits per heavy atom. The fourth-order valence-electron chi connectivity index (χ4n) is 2.57. The van der Waals surface area contributed by atoms with Crippen LogP contribution in [0.2, 0.25) is 0 Å². The molecule has 1 aromatic rings. The summed E-state index contributed by atoms with van der Waals surface area (Å²) in [6.45, 7) is 2.86. The third kappa shape index (κ3) is 2.26. The summed E-state index contributed by atoms with van der Waals surface area (Å²) in [6.07, 6.45) is 5.66. The average Bonchev–Trinajstić information content (AvgIpc) is 3.11. The van der Waals surface area contributed by atoms with E-state index in [1.54, 1.807) is 0 Å². The van der Waals surface area contributed by atoms with Gasteiger partial charge in [0.15, 0.2) is 5.82 Å². The lowest BCUT2D eigenvalue weighted by atomic mass is 9.97. The monoisotopic (exact) mass is 249 g/mol. The molecule has 18 heavy (non-hydrogen) atoms. The van der Waals surface area contributed by atoms with Gasteiger partial charge in [-0.3, -0.25) is 4.79 Å². The zero-order chi connectivity index (χ0) is 12.5. The van der Waals surface area contributed by atoms with Gasteiger partial charge in [-0.1, -0.05) is 12.1 Å². The van der Waals surface area contributed by atoms with E-state index in [9.17, 15) is 4.79 Å². The Kier molecular flexibility index (Phi) is 3.06. The van der Waals surface area contributed by atoms with Crippen LogP contribution < -0.4 is 0 Å². The number of hydrogen-bond acceptors (Lipinski definition) is 4. The summed E-state index contributed by atoms with van der Waals surface area (Å²) in [5, 5.41) is 4.00. The molecule has 2 aliphatic rings. The summed E-state index contributed by atoms with van der Waals surface area (Å²) in [5.41, 5.74) is 0. The van der Waals surface area contributed by atoms with Crippen LogP contribution in [0.3, 0.4) is 0 Å². The number of likely N-dealkylation sites (tertiary alicyclic amines) is 1. The van der Waals surface area contributed by atoms with Gasteiger partial charge >= 0.3 is 0 Å². The molecule has 0 aromatic carbocycles. The Labute approximate surface area is 107 Å². The van der Waals surface area contributed by atoms with Crippen LogP contribution >= 0.6 is 0 Å². The van der Waals surface area contributed by atoms with Crippen molar-refractivity contribution in [1.29, 1.82) is 0 Å². The van der Waals surface area contributed by atoms with Gasteiger partial charge in [-0.15, -0.1) is 0 Å². The predicted molar refractivity (Wildman–Crippen MR) is 65.0 cm³/mol. The lowest BCUT2D eigenvalue weighted by Crippen LogP contribution is -2.40. The zero-order valence-corrected chi connectivity index (χ0v) is 10.8. The molecule has 0 radical (unpaired) electrons. The summed E-state index contributed by atoms with van der Waals surface area (Å²) < 4.78 is 5.34. The van der Waals surface area contributed by atoms with Crippen molar-refractivity contribution < 1.29 is 9.32 Å². The minimum atomic E-state index is 0.237. The van der Waals surface area contributed by atoms with Crippen LogP contribution in [0.4, 0.5) is 0 Å². The van der Waals surface area contributed by atoms with Crippen molar-refractivity contribution in [3.05, 3.63) is 11.7 Å². The molecule has 1 aromatic heterocycles. The van der Waals surface area contributed by atoms with E-state index in [0.29, 0.717) is 18.4 Å². The van der Waals surface area contributed by atoms with Gasteiger partial charge in [-0.25, -0.2) is 0 Å². The first-order valence-corrected chi connectivity index (χ1v) is 6.90. The lowest BCUT2D eigenvalue weighted by Gasteiger charge is -2.30. The molecule has 2 heterocycles. The second-order valence-electron chi connectivity index (χ2n) is 5.31. The first-order valence-electron chi connectivity index (χ1n) is 6.90. The van der Waals surface area contributed by atoms with Gasteiger partial charge in [0, 0.05) is 25.4 Å². The summed E-state index contributed by atoms with van der Waals surface area (Å²) in [7, 11) is 0. The van der Waals surface area contributed by atoms with Gasteiger partial charge in [-0.05, 0) is 25.7 Å². The van der Waals surface area contributed by atoms with E-state index in [-0.39, 0.29) is 5.92 Å². The maximum absolute atomic E-state index is 11.8. The summed E-state index contributed by atoms with van der Waals surface area (Å²) >= 11 is 0. The fourth-order valence-corrected chi connectivity index (χ4v) is 2.57. The van der Waals surface area contributed by atoms with Crippen LogP contribution in [0.1, 0.15) is 56.7 Å². The van der Waals surface area contributed by atoms with E-state index in [1.165, 1.54) is 0 Å². The molecule has 0 N–H and O–H groups in total. The third-order valence-corrected chi connectivity index (χ3v) is 3.74. The van der Waals surface area contributed by atoms with Crippen molar-refractivity contribution in [2.24, 2.45) is 0 Å². The molecule has 5 nitrogen and oxygen atoms in total. The van der Waals surface area contributed by atoms with Gasteiger partial charge in [0.05, 0.1) is 5.92 Å². The van der Waals surface area contributed by atoms with E-state index < -0.39 is 0 Å². The number of aryl methyl sites for hydroxylation is 1. The molecule has 1 saturated carbocycles. The number of nitrogens with zero attached hydrogens (tertiary/aromatic N) is 3. The zero-order valence-electron chi connectivity index (χ0n) is 10.8. The number of aromatic nitrogens is 2. The number of amides is 1. The average molecular weight is 249 g/mol. The molecule has 98 valence electrons. The number of piperidine rings is 1. The third-order valence-electron chi connectivity index (χ3n) is 3.74. The molecular formula is C13H19N3O2. The van der Waals surface area contributed by atoms with Crippen LogP contribution in [0.25, 0.3) is 0 Å². The van der Waals surface area contributed by atoms with Crippen LogP contribution in [0, 0.1) is 0 Å². The van der Waals surface area contributed by atoms with Gasteiger partial charge < -0.3 is 9.42 Å². The largest absolute Gasteiger partial charge is 0.339 e. The second-order valence-corrected chi connectivity index (χ2v) is 5.31. The molecule has 5 heteroatoms. The molecule has 1 unspecified atom stereocenters. The van der Waals surface area contributed by atoms with Gasteiger partial charge in [-0.2, -0.15) is 4.98 Å². The Morgan fingerprint density at radius 1 is 1.39 bits per heavy atom. The quantitative estimate of drug-likeness (QED) is 0.817. The van der Waals surface area contributed by atoms with Gasteiger partial charge in [0.25, 0.3) is 0 Å². The Bertz CT molecular complexity index is 439. The molecule has 1 atom stereocenters. The van der Waals surface area contributed by atoms with E-state index in [0.717, 1.165) is 50.4 Å². The van der Waals surface area contributed by atoms with E-state index in [1.807, 2.05) is 4.90 Å². The van der Waals surface area contributed by atoms with Crippen molar-refractivity contribution >= 4 is 5.91 Å². The van der Waals surface area contributed by atoms with E-state index >= 15 is 0 Å². The summed E-state index contributed by atoms with van der Waals surface area (Å²) in [4.78, 5) is 18.3. The van der Waals surface area contributed by atoms with Crippen molar-refractivity contribution in [2.75, 3.05) is 6.54 Å². The van der Waals surface area contributed by atoms with Crippen molar-refractivity contribution in [1.82, 2.24) is 15.0 Å². The number of rotatable bonds is 4. The SMILES string of the molecule is CCCc1noc(C2CCC(=O)N(C3CC3)C2)n1. The highest BCUT2D eigenvalue weighted by atomic mass is 16.5. The molecule has 2 fully saturated rings. The molecular weight excluding hydrogens is 230 g/mol. The molecule has 1 amide bonds. The first-order chi connectivity index (χ1) is 8.78.